The van der Waals surface area contributed by atoms with Gasteiger partial charge in [-0.2, -0.15) is 0 Å². The number of methoxy groups -OCH3 is 2. The van der Waals surface area contributed by atoms with Crippen LogP contribution in [-0.4, -0.2) is 56.1 Å². The van der Waals surface area contributed by atoms with E-state index in [0.29, 0.717) is 17.7 Å². The number of carbonyl (C=O) groups is 2. The first kappa shape index (κ1) is 22.1. The fraction of sp³-hybridized carbons (Fsp3) is 0.385. The second-order valence-electron chi connectivity index (χ2n) is 8.44. The van der Waals surface area contributed by atoms with Gasteiger partial charge in [0.15, 0.2) is 5.78 Å². The second kappa shape index (κ2) is 9.57. The Labute approximate surface area is 188 Å². The van der Waals surface area contributed by atoms with Crippen molar-refractivity contribution in [3.63, 3.8) is 0 Å². The van der Waals surface area contributed by atoms with E-state index in [4.69, 9.17) is 9.47 Å². The molecule has 1 saturated heterocycles. The lowest BCUT2D eigenvalue weighted by atomic mass is 9.82. The molecule has 0 saturated carbocycles. The van der Waals surface area contributed by atoms with E-state index in [1.165, 1.54) is 18.7 Å². The van der Waals surface area contributed by atoms with Crippen LogP contribution in [-0.2, 0) is 16.0 Å². The van der Waals surface area contributed by atoms with Crippen LogP contribution >= 0.6 is 0 Å². The molecule has 6 heteroatoms. The zero-order chi connectivity index (χ0) is 22.6. The Morgan fingerprint density at radius 2 is 1.88 bits per heavy atom. The monoisotopic (exact) mass is 435 g/mol. The molecular weight excluding hydrogens is 406 g/mol. The number of ether oxygens (including phenoxy) is 3. The van der Waals surface area contributed by atoms with Gasteiger partial charge >= 0.3 is 5.97 Å². The summed E-state index contributed by atoms with van der Waals surface area (Å²) in [6.45, 7) is 2.82. The van der Waals surface area contributed by atoms with Crippen molar-refractivity contribution in [3.8, 4) is 11.5 Å². The molecule has 2 aliphatic heterocycles. The number of ketones is 1. The standard InChI is InChI=1S/C26H29NO5/c1-30-21-7-3-19(4-8-21)11-14-27-15-12-26(13-16-27)18-23(28)22-17-20(5-9-24(22)32-26)6-10-25(29)31-2/h3-10,17H,11-16,18H2,1-2H3/b10-6+. The molecule has 1 fully saturated rings. The zero-order valence-corrected chi connectivity index (χ0v) is 18.6. The van der Waals surface area contributed by atoms with Gasteiger partial charge < -0.3 is 19.1 Å². The van der Waals surface area contributed by atoms with Gasteiger partial charge in [0.2, 0.25) is 0 Å². The summed E-state index contributed by atoms with van der Waals surface area (Å²) in [5.74, 6) is 1.19. The number of piperidine rings is 1. The Morgan fingerprint density at radius 3 is 2.56 bits per heavy atom. The van der Waals surface area contributed by atoms with Crippen LogP contribution in [0.5, 0.6) is 11.5 Å². The zero-order valence-electron chi connectivity index (χ0n) is 18.6. The van der Waals surface area contributed by atoms with Crippen LogP contribution in [0.15, 0.2) is 48.5 Å². The summed E-state index contributed by atoms with van der Waals surface area (Å²) in [7, 11) is 3.01. The molecule has 2 heterocycles. The molecule has 0 unspecified atom stereocenters. The van der Waals surface area contributed by atoms with Crippen LogP contribution in [0.1, 0.15) is 40.7 Å². The second-order valence-corrected chi connectivity index (χ2v) is 8.44. The highest BCUT2D eigenvalue weighted by Crippen LogP contribution is 2.39. The molecule has 168 valence electrons. The van der Waals surface area contributed by atoms with E-state index in [1.54, 1.807) is 19.3 Å². The molecule has 1 spiro atoms. The van der Waals surface area contributed by atoms with E-state index in [2.05, 4.69) is 21.8 Å². The maximum Gasteiger partial charge on any atom is 0.330 e. The van der Waals surface area contributed by atoms with Crippen LogP contribution < -0.4 is 9.47 Å². The summed E-state index contributed by atoms with van der Waals surface area (Å²) in [5, 5.41) is 0. The van der Waals surface area contributed by atoms with Gasteiger partial charge in [-0.1, -0.05) is 18.2 Å². The average molecular weight is 436 g/mol. The highest BCUT2D eigenvalue weighted by Gasteiger charge is 2.42. The highest BCUT2D eigenvalue weighted by molar-refractivity contribution is 6.01. The normalized spacial score (nSPS) is 17.8. The van der Waals surface area contributed by atoms with Gasteiger partial charge in [-0.25, -0.2) is 4.79 Å². The van der Waals surface area contributed by atoms with Crippen molar-refractivity contribution in [2.24, 2.45) is 0 Å². The molecule has 0 aromatic heterocycles. The van der Waals surface area contributed by atoms with Crippen molar-refractivity contribution < 1.29 is 23.8 Å². The predicted octanol–water partition coefficient (Wildman–Crippen LogP) is 3.92. The Hall–Kier alpha value is -3.12. The minimum Gasteiger partial charge on any atom is -0.497 e. The van der Waals surface area contributed by atoms with Crippen LogP contribution in [0.25, 0.3) is 6.08 Å². The SMILES string of the molecule is COC(=O)/C=C/c1ccc2c(c1)C(=O)CC1(CCN(CCc3ccc(OC)cc3)CC1)O2. The van der Waals surface area contributed by atoms with Gasteiger partial charge in [-0.3, -0.25) is 4.79 Å². The molecule has 32 heavy (non-hydrogen) atoms. The van der Waals surface area contributed by atoms with Gasteiger partial charge in [-0.15, -0.1) is 0 Å². The molecule has 2 aliphatic rings. The molecule has 2 aromatic carbocycles. The lowest BCUT2D eigenvalue weighted by Gasteiger charge is -2.44. The van der Waals surface area contributed by atoms with E-state index in [1.807, 2.05) is 24.3 Å². The fourth-order valence-electron chi connectivity index (χ4n) is 4.39. The molecule has 0 atom stereocenters. The molecule has 6 nitrogen and oxygen atoms in total. The Morgan fingerprint density at radius 1 is 1.12 bits per heavy atom. The van der Waals surface area contributed by atoms with Crippen molar-refractivity contribution in [2.45, 2.75) is 31.3 Å². The van der Waals surface area contributed by atoms with E-state index in [9.17, 15) is 9.59 Å². The topological polar surface area (TPSA) is 65.1 Å². The third kappa shape index (κ3) is 5.02. The highest BCUT2D eigenvalue weighted by atomic mass is 16.5. The first-order chi connectivity index (χ1) is 15.5. The largest absolute Gasteiger partial charge is 0.497 e. The van der Waals surface area contributed by atoms with E-state index in [0.717, 1.165) is 50.2 Å². The first-order valence-corrected chi connectivity index (χ1v) is 11.0. The van der Waals surface area contributed by atoms with Crippen molar-refractivity contribution in [1.82, 2.24) is 4.90 Å². The van der Waals surface area contributed by atoms with Crippen LogP contribution in [0.4, 0.5) is 0 Å². The number of fused-ring (bicyclic) bond motifs is 1. The Kier molecular flexibility index (Phi) is 6.61. The molecular formula is C26H29NO5. The molecule has 0 bridgehead atoms. The molecule has 2 aromatic rings. The van der Waals surface area contributed by atoms with Crippen LogP contribution in [0.2, 0.25) is 0 Å². The summed E-state index contributed by atoms with van der Waals surface area (Å²) < 4.78 is 16.2. The number of Topliss-reactive ketones (excluding diaryl/α,β-unsaturated/α-hetero) is 1. The number of hydrogen-bond donors (Lipinski definition) is 0. The molecule has 4 rings (SSSR count). The van der Waals surface area contributed by atoms with Crippen molar-refractivity contribution in [1.29, 1.82) is 0 Å². The number of hydrogen-bond acceptors (Lipinski definition) is 6. The van der Waals surface area contributed by atoms with Gasteiger partial charge in [0.05, 0.1) is 26.2 Å². The quantitative estimate of drug-likeness (QED) is 0.506. The van der Waals surface area contributed by atoms with E-state index in [-0.39, 0.29) is 5.78 Å². The molecule has 0 radical (unpaired) electrons. The lowest BCUT2D eigenvalue weighted by molar-refractivity contribution is -0.134. The smallest absolute Gasteiger partial charge is 0.330 e. The van der Waals surface area contributed by atoms with E-state index >= 15 is 0 Å². The average Bonchev–Trinajstić information content (AvgIpc) is 2.82. The number of nitrogens with zero attached hydrogens (tertiary/aromatic N) is 1. The minimum absolute atomic E-state index is 0.103. The lowest BCUT2D eigenvalue weighted by Crippen LogP contribution is -2.51. The number of esters is 1. The summed E-state index contributed by atoms with van der Waals surface area (Å²) in [4.78, 5) is 26.7. The first-order valence-electron chi connectivity index (χ1n) is 11.0. The summed E-state index contributed by atoms with van der Waals surface area (Å²) in [5.41, 5.74) is 2.24. The van der Waals surface area contributed by atoms with Crippen molar-refractivity contribution in [3.05, 3.63) is 65.2 Å². The number of benzene rings is 2. The minimum atomic E-state index is -0.428. The fourth-order valence-corrected chi connectivity index (χ4v) is 4.39. The van der Waals surface area contributed by atoms with Crippen LogP contribution in [0.3, 0.4) is 0 Å². The molecule has 0 aliphatic carbocycles. The van der Waals surface area contributed by atoms with Crippen LogP contribution in [0, 0.1) is 0 Å². The van der Waals surface area contributed by atoms with Gasteiger partial charge in [0.1, 0.15) is 17.1 Å². The number of likely N-dealkylation sites (tertiary alicyclic amines) is 1. The predicted molar refractivity (Wildman–Crippen MR) is 122 cm³/mol. The maximum atomic E-state index is 12.9. The van der Waals surface area contributed by atoms with Gasteiger partial charge in [0.25, 0.3) is 0 Å². The summed E-state index contributed by atoms with van der Waals surface area (Å²) >= 11 is 0. The van der Waals surface area contributed by atoms with Crippen molar-refractivity contribution in [2.75, 3.05) is 33.9 Å². The van der Waals surface area contributed by atoms with Crippen molar-refractivity contribution >= 4 is 17.8 Å². The molecule has 0 amide bonds. The molecule has 0 N–H and O–H groups in total. The summed E-state index contributed by atoms with van der Waals surface area (Å²) in [6.07, 6.45) is 6.05. The third-order valence-electron chi connectivity index (χ3n) is 6.37. The van der Waals surface area contributed by atoms with E-state index < -0.39 is 11.6 Å². The number of rotatable bonds is 6. The third-order valence-corrected chi connectivity index (χ3v) is 6.37. The number of carbonyl (C=O) groups excluding carboxylic acids is 2. The maximum absolute atomic E-state index is 12.9. The van der Waals surface area contributed by atoms with Gasteiger partial charge in [0, 0.05) is 38.6 Å². The van der Waals surface area contributed by atoms with Gasteiger partial charge in [-0.05, 0) is 47.9 Å². The summed E-state index contributed by atoms with van der Waals surface area (Å²) in [6, 6.07) is 13.7. The Bertz CT molecular complexity index is 1000. The Balaban J connectivity index is 1.35.